The molecule has 7 heteroatoms. The van der Waals surface area contributed by atoms with E-state index >= 15 is 0 Å². The van der Waals surface area contributed by atoms with Gasteiger partial charge in [-0.3, -0.25) is 0 Å². The number of rotatable bonds is 4. The summed E-state index contributed by atoms with van der Waals surface area (Å²) in [7, 11) is 0.972. The van der Waals surface area contributed by atoms with E-state index in [0.717, 1.165) is 0 Å². The third-order valence-corrected chi connectivity index (χ3v) is 3.09. The van der Waals surface area contributed by atoms with Crippen LogP contribution in [0.4, 0.5) is 8.78 Å². The van der Waals surface area contributed by atoms with Crippen molar-refractivity contribution in [3.63, 3.8) is 0 Å². The predicted octanol–water partition coefficient (Wildman–Crippen LogP) is 1.20. The average Bonchev–Trinajstić information content (AvgIpc) is 2.60. The van der Waals surface area contributed by atoms with Crippen molar-refractivity contribution in [3.8, 4) is 0 Å². The van der Waals surface area contributed by atoms with E-state index in [1.54, 1.807) is 0 Å². The fourth-order valence-corrected chi connectivity index (χ4v) is 2.28. The summed E-state index contributed by atoms with van der Waals surface area (Å²) in [6.45, 7) is -0.795. The van der Waals surface area contributed by atoms with Crippen molar-refractivity contribution in [3.05, 3.63) is 0 Å². The van der Waals surface area contributed by atoms with E-state index in [1.165, 1.54) is 0 Å². The van der Waals surface area contributed by atoms with Gasteiger partial charge in [-0.1, -0.05) is 0 Å². The standard InChI is InChI=1S/C5H8ClF2NO2S/c6-12(10,11)9(3-5(7)8)4-1-2-4/h4-5H,1-3H2. The topological polar surface area (TPSA) is 37.4 Å². The van der Waals surface area contributed by atoms with Gasteiger partial charge in [0, 0.05) is 16.7 Å². The Bertz CT molecular complexity index is 252. The lowest BCUT2D eigenvalue weighted by Crippen LogP contribution is -2.33. The van der Waals surface area contributed by atoms with Crippen molar-refractivity contribution in [2.24, 2.45) is 0 Å². The molecule has 0 amide bonds. The minimum absolute atomic E-state index is 0.304. The molecule has 1 fully saturated rings. The van der Waals surface area contributed by atoms with Gasteiger partial charge in [0.1, 0.15) is 0 Å². The summed E-state index contributed by atoms with van der Waals surface area (Å²) >= 11 is 0. The third kappa shape index (κ3) is 2.84. The van der Waals surface area contributed by atoms with Crippen LogP contribution in [0.1, 0.15) is 12.8 Å². The Morgan fingerprint density at radius 2 is 2.00 bits per heavy atom. The van der Waals surface area contributed by atoms with E-state index in [4.69, 9.17) is 10.7 Å². The van der Waals surface area contributed by atoms with Crippen molar-refractivity contribution in [1.29, 1.82) is 0 Å². The van der Waals surface area contributed by atoms with Crippen LogP contribution < -0.4 is 0 Å². The highest BCUT2D eigenvalue weighted by molar-refractivity contribution is 8.11. The molecule has 3 nitrogen and oxygen atoms in total. The second-order valence-corrected chi connectivity index (χ2v) is 5.10. The van der Waals surface area contributed by atoms with Gasteiger partial charge in [-0.25, -0.2) is 8.78 Å². The second kappa shape index (κ2) is 3.43. The molecule has 72 valence electrons. The van der Waals surface area contributed by atoms with Crippen LogP contribution in [-0.4, -0.2) is 31.7 Å². The van der Waals surface area contributed by atoms with Crippen LogP contribution >= 0.6 is 10.7 Å². The molecule has 1 aliphatic carbocycles. The molecule has 0 spiro atoms. The molecule has 0 N–H and O–H groups in total. The minimum Gasteiger partial charge on any atom is -0.209 e. The molecule has 0 radical (unpaired) electrons. The summed E-state index contributed by atoms with van der Waals surface area (Å²) in [6, 6.07) is -0.304. The molecular formula is C5H8ClF2NO2S. The third-order valence-electron chi connectivity index (χ3n) is 1.55. The van der Waals surface area contributed by atoms with E-state index in [2.05, 4.69) is 0 Å². The van der Waals surface area contributed by atoms with Crippen molar-refractivity contribution >= 4 is 19.9 Å². The maximum absolute atomic E-state index is 11.8. The molecule has 1 rings (SSSR count). The number of nitrogens with zero attached hydrogens (tertiary/aromatic N) is 1. The van der Waals surface area contributed by atoms with Crippen LogP contribution in [0.15, 0.2) is 0 Å². The Balaban J connectivity index is 2.61. The van der Waals surface area contributed by atoms with Crippen LogP contribution in [0.2, 0.25) is 0 Å². The van der Waals surface area contributed by atoms with E-state index in [1.807, 2.05) is 0 Å². The zero-order valence-electron chi connectivity index (χ0n) is 6.08. The lowest BCUT2D eigenvalue weighted by Gasteiger charge is -2.16. The quantitative estimate of drug-likeness (QED) is 0.667. The van der Waals surface area contributed by atoms with Gasteiger partial charge in [0.25, 0.3) is 15.7 Å². The Labute approximate surface area is 73.9 Å². The molecule has 0 aromatic heterocycles. The van der Waals surface area contributed by atoms with Gasteiger partial charge in [0.05, 0.1) is 6.54 Å². The van der Waals surface area contributed by atoms with Crippen molar-refractivity contribution in [2.45, 2.75) is 25.3 Å². The summed E-state index contributed by atoms with van der Waals surface area (Å²) < 4.78 is 45.7. The molecule has 0 aliphatic heterocycles. The van der Waals surface area contributed by atoms with Gasteiger partial charge in [0.15, 0.2) is 0 Å². The summed E-state index contributed by atoms with van der Waals surface area (Å²) in [5, 5.41) is 0. The Morgan fingerprint density at radius 1 is 1.50 bits per heavy atom. The van der Waals surface area contributed by atoms with Gasteiger partial charge < -0.3 is 0 Å². The monoisotopic (exact) mass is 219 g/mol. The highest BCUT2D eigenvalue weighted by atomic mass is 35.7. The van der Waals surface area contributed by atoms with Gasteiger partial charge in [0.2, 0.25) is 0 Å². The largest absolute Gasteiger partial charge is 0.300 e. The molecule has 0 aromatic rings. The molecule has 0 bridgehead atoms. The lowest BCUT2D eigenvalue weighted by molar-refractivity contribution is 0.118. The van der Waals surface area contributed by atoms with Crippen LogP contribution in [-0.2, 0) is 9.24 Å². The smallest absolute Gasteiger partial charge is 0.209 e. The highest BCUT2D eigenvalue weighted by Crippen LogP contribution is 2.30. The minimum atomic E-state index is -3.97. The normalized spacial score (nSPS) is 19.1. The predicted molar refractivity (Wildman–Crippen MR) is 40.5 cm³/mol. The molecule has 1 saturated carbocycles. The summed E-state index contributed by atoms with van der Waals surface area (Å²) in [5.41, 5.74) is 0. The summed E-state index contributed by atoms with van der Waals surface area (Å²) in [4.78, 5) is 0. The lowest BCUT2D eigenvalue weighted by atomic mass is 10.6. The number of hydrogen-bond donors (Lipinski definition) is 0. The molecule has 1 aliphatic rings. The first-order valence-corrected chi connectivity index (χ1v) is 5.67. The molecule has 12 heavy (non-hydrogen) atoms. The van der Waals surface area contributed by atoms with E-state index in [9.17, 15) is 17.2 Å². The van der Waals surface area contributed by atoms with Crippen LogP contribution in [0.5, 0.6) is 0 Å². The first kappa shape index (κ1) is 10.1. The van der Waals surface area contributed by atoms with Crippen LogP contribution in [0.3, 0.4) is 0 Å². The second-order valence-electron chi connectivity index (χ2n) is 2.63. The summed E-state index contributed by atoms with van der Waals surface area (Å²) in [5.74, 6) is 0. The van der Waals surface area contributed by atoms with E-state index in [-0.39, 0.29) is 6.04 Å². The highest BCUT2D eigenvalue weighted by Gasteiger charge is 2.37. The number of halogens is 3. The molecule has 0 heterocycles. The van der Waals surface area contributed by atoms with E-state index in [0.29, 0.717) is 17.1 Å². The Kier molecular flexibility index (Phi) is 2.90. The summed E-state index contributed by atoms with van der Waals surface area (Å²) in [6.07, 6.45) is -1.42. The molecule has 0 saturated heterocycles. The molecule has 0 atom stereocenters. The number of alkyl halides is 2. The van der Waals surface area contributed by atoms with Gasteiger partial charge >= 0.3 is 0 Å². The first-order valence-electron chi connectivity index (χ1n) is 3.41. The van der Waals surface area contributed by atoms with Crippen molar-refractivity contribution in [1.82, 2.24) is 4.31 Å². The fourth-order valence-electron chi connectivity index (χ4n) is 0.915. The van der Waals surface area contributed by atoms with Gasteiger partial charge in [-0.05, 0) is 12.8 Å². The molecular weight excluding hydrogens is 212 g/mol. The van der Waals surface area contributed by atoms with Gasteiger partial charge in [-0.15, -0.1) is 0 Å². The van der Waals surface area contributed by atoms with Gasteiger partial charge in [-0.2, -0.15) is 12.7 Å². The molecule has 0 aromatic carbocycles. The zero-order valence-corrected chi connectivity index (χ0v) is 7.65. The zero-order chi connectivity index (χ0) is 9.35. The fraction of sp³-hybridized carbons (Fsp3) is 1.00. The van der Waals surface area contributed by atoms with E-state index < -0.39 is 22.2 Å². The Morgan fingerprint density at radius 3 is 2.25 bits per heavy atom. The van der Waals surface area contributed by atoms with Crippen LogP contribution in [0, 0.1) is 0 Å². The SMILES string of the molecule is O=S(=O)(Cl)N(CC(F)F)C1CC1. The Hall–Kier alpha value is 0.0600. The average molecular weight is 220 g/mol. The maximum Gasteiger partial charge on any atom is 0.300 e. The van der Waals surface area contributed by atoms with Crippen molar-refractivity contribution in [2.75, 3.05) is 6.54 Å². The maximum atomic E-state index is 11.8. The van der Waals surface area contributed by atoms with Crippen LogP contribution in [0.25, 0.3) is 0 Å². The molecule has 0 unspecified atom stereocenters. The first-order chi connectivity index (χ1) is 5.41. The number of hydrogen-bond acceptors (Lipinski definition) is 2. The van der Waals surface area contributed by atoms with Crippen molar-refractivity contribution < 1.29 is 17.2 Å².